The standard InChI is InChI=1S/C29H27NO2S/c31-22-32-21-25(23-10-4-1-5-11-23)20-29(33)24-16-18-28(19-17-24)30(26-12-6-2-7-13-26)27-14-8-3-9-15-27/h1-19,22,25,29,33H,20-21H2. The molecule has 0 fully saturated rings. The van der Waals surface area contributed by atoms with Crippen molar-refractivity contribution in [1.29, 1.82) is 0 Å². The molecule has 4 aromatic rings. The fourth-order valence-corrected chi connectivity index (χ4v) is 4.46. The lowest BCUT2D eigenvalue weighted by atomic mass is 9.92. The van der Waals surface area contributed by atoms with Crippen LogP contribution in [0, 0.1) is 0 Å². The van der Waals surface area contributed by atoms with E-state index in [4.69, 9.17) is 17.4 Å². The summed E-state index contributed by atoms with van der Waals surface area (Å²) >= 11 is 4.90. The van der Waals surface area contributed by atoms with Gasteiger partial charge >= 0.3 is 0 Å². The summed E-state index contributed by atoms with van der Waals surface area (Å²) in [5, 5.41) is 0.0152. The third-order valence-corrected chi connectivity index (χ3v) is 6.22. The third kappa shape index (κ3) is 5.85. The zero-order valence-electron chi connectivity index (χ0n) is 18.3. The Labute approximate surface area is 201 Å². The first-order valence-corrected chi connectivity index (χ1v) is 11.6. The summed E-state index contributed by atoms with van der Waals surface area (Å²) in [5.41, 5.74) is 5.58. The summed E-state index contributed by atoms with van der Waals surface area (Å²) in [5.74, 6) is 0.0868. The second-order valence-corrected chi connectivity index (χ2v) is 8.51. The Kier molecular flexibility index (Phi) is 7.83. The maximum Gasteiger partial charge on any atom is 0.293 e. The Bertz CT molecular complexity index is 1080. The van der Waals surface area contributed by atoms with E-state index in [-0.39, 0.29) is 11.2 Å². The van der Waals surface area contributed by atoms with Gasteiger partial charge < -0.3 is 9.64 Å². The Balaban J connectivity index is 1.56. The van der Waals surface area contributed by atoms with Gasteiger partial charge in [0.05, 0.1) is 6.61 Å². The fraction of sp³-hybridized carbons (Fsp3) is 0.138. The number of para-hydroxylation sites is 2. The molecule has 0 amide bonds. The highest BCUT2D eigenvalue weighted by molar-refractivity contribution is 7.80. The topological polar surface area (TPSA) is 29.5 Å². The Hall–Kier alpha value is -3.50. The summed E-state index contributed by atoms with van der Waals surface area (Å²) in [6.07, 6.45) is 0.765. The van der Waals surface area contributed by atoms with E-state index in [9.17, 15) is 4.79 Å². The molecule has 3 nitrogen and oxygen atoms in total. The van der Waals surface area contributed by atoms with Gasteiger partial charge in [-0.15, -0.1) is 0 Å². The molecule has 4 aromatic carbocycles. The molecule has 2 atom stereocenters. The van der Waals surface area contributed by atoms with E-state index in [0.29, 0.717) is 13.1 Å². The highest BCUT2D eigenvalue weighted by Crippen LogP contribution is 2.37. The van der Waals surface area contributed by atoms with Gasteiger partial charge in [0.25, 0.3) is 6.47 Å². The Morgan fingerprint density at radius 3 is 1.67 bits per heavy atom. The largest absolute Gasteiger partial charge is 0.467 e. The number of benzene rings is 4. The average Bonchev–Trinajstić information content (AvgIpc) is 2.89. The third-order valence-electron chi connectivity index (χ3n) is 5.71. The molecule has 0 aliphatic heterocycles. The predicted molar refractivity (Wildman–Crippen MR) is 139 cm³/mol. The lowest BCUT2D eigenvalue weighted by Gasteiger charge is -2.26. The quantitative estimate of drug-likeness (QED) is 0.199. The maximum absolute atomic E-state index is 10.8. The van der Waals surface area contributed by atoms with Crippen molar-refractivity contribution in [3.63, 3.8) is 0 Å². The van der Waals surface area contributed by atoms with E-state index in [2.05, 4.69) is 89.8 Å². The van der Waals surface area contributed by atoms with E-state index < -0.39 is 0 Å². The van der Waals surface area contributed by atoms with Gasteiger partial charge in [0.15, 0.2) is 0 Å². The molecule has 0 N–H and O–H groups in total. The van der Waals surface area contributed by atoms with Crippen LogP contribution in [-0.2, 0) is 9.53 Å². The van der Waals surface area contributed by atoms with Crippen LogP contribution in [-0.4, -0.2) is 13.1 Å². The average molecular weight is 454 g/mol. The number of thiol groups is 1. The zero-order chi connectivity index (χ0) is 22.9. The van der Waals surface area contributed by atoms with Crippen LogP contribution < -0.4 is 4.90 Å². The number of rotatable bonds is 10. The first-order valence-electron chi connectivity index (χ1n) is 11.0. The molecular weight excluding hydrogens is 426 g/mol. The predicted octanol–water partition coefficient (Wildman–Crippen LogP) is 7.47. The maximum atomic E-state index is 10.8. The molecule has 0 radical (unpaired) electrons. The molecule has 0 saturated carbocycles. The summed E-state index contributed by atoms with van der Waals surface area (Å²) in [6.45, 7) is 0.860. The van der Waals surface area contributed by atoms with Crippen LogP contribution in [0.2, 0.25) is 0 Å². The molecule has 0 aliphatic rings. The molecule has 0 heterocycles. The summed E-state index contributed by atoms with van der Waals surface area (Å²) in [7, 11) is 0. The molecular formula is C29H27NO2S. The fourth-order valence-electron chi connectivity index (χ4n) is 4.03. The molecule has 0 spiro atoms. The molecule has 0 aliphatic carbocycles. The van der Waals surface area contributed by atoms with Gasteiger partial charge in [-0.1, -0.05) is 78.9 Å². The number of hydrogen-bond acceptors (Lipinski definition) is 4. The minimum atomic E-state index is 0.0152. The van der Waals surface area contributed by atoms with Crippen molar-refractivity contribution in [3.05, 3.63) is 126 Å². The van der Waals surface area contributed by atoms with E-state index in [1.165, 1.54) is 0 Å². The van der Waals surface area contributed by atoms with Crippen molar-refractivity contribution in [3.8, 4) is 0 Å². The van der Waals surface area contributed by atoms with Gasteiger partial charge in [0, 0.05) is 28.2 Å². The normalized spacial score (nSPS) is 12.5. The van der Waals surface area contributed by atoms with Crippen LogP contribution in [0.25, 0.3) is 0 Å². The molecule has 33 heavy (non-hydrogen) atoms. The van der Waals surface area contributed by atoms with Gasteiger partial charge in [-0.2, -0.15) is 12.6 Å². The van der Waals surface area contributed by atoms with Crippen LogP contribution in [0.3, 0.4) is 0 Å². The number of carbonyl (C=O) groups is 1. The van der Waals surface area contributed by atoms with Crippen LogP contribution in [0.4, 0.5) is 17.1 Å². The number of carbonyl (C=O) groups excluding carboxylic acids is 1. The van der Waals surface area contributed by atoms with Gasteiger partial charge in [-0.05, 0) is 53.9 Å². The summed E-state index contributed by atoms with van der Waals surface area (Å²) in [4.78, 5) is 13.0. The number of nitrogens with zero attached hydrogens (tertiary/aromatic N) is 1. The van der Waals surface area contributed by atoms with Crippen molar-refractivity contribution in [2.24, 2.45) is 0 Å². The zero-order valence-corrected chi connectivity index (χ0v) is 19.2. The molecule has 0 aromatic heterocycles. The molecule has 4 heteroatoms. The van der Waals surface area contributed by atoms with Crippen molar-refractivity contribution < 1.29 is 9.53 Å². The second-order valence-electron chi connectivity index (χ2n) is 7.89. The van der Waals surface area contributed by atoms with Crippen molar-refractivity contribution in [2.45, 2.75) is 17.6 Å². The first kappa shape index (κ1) is 22.7. The monoisotopic (exact) mass is 453 g/mol. The highest BCUT2D eigenvalue weighted by atomic mass is 32.1. The van der Waals surface area contributed by atoms with Gasteiger partial charge in [0.1, 0.15) is 0 Å². The van der Waals surface area contributed by atoms with E-state index in [1.54, 1.807) is 0 Å². The van der Waals surface area contributed by atoms with Gasteiger partial charge in [-0.3, -0.25) is 4.79 Å². The van der Waals surface area contributed by atoms with E-state index in [1.807, 2.05) is 30.3 Å². The van der Waals surface area contributed by atoms with Crippen LogP contribution in [0.15, 0.2) is 115 Å². The molecule has 166 valence electrons. The molecule has 0 bridgehead atoms. The van der Waals surface area contributed by atoms with Gasteiger partial charge in [0.2, 0.25) is 0 Å². The van der Waals surface area contributed by atoms with Crippen LogP contribution >= 0.6 is 12.6 Å². The van der Waals surface area contributed by atoms with Crippen LogP contribution in [0.5, 0.6) is 0 Å². The van der Waals surface area contributed by atoms with Crippen molar-refractivity contribution in [1.82, 2.24) is 0 Å². The Morgan fingerprint density at radius 1 is 0.667 bits per heavy atom. The van der Waals surface area contributed by atoms with E-state index in [0.717, 1.165) is 34.6 Å². The second kappa shape index (κ2) is 11.4. The number of hydrogen-bond donors (Lipinski definition) is 1. The van der Waals surface area contributed by atoms with Crippen LogP contribution in [0.1, 0.15) is 28.7 Å². The first-order chi connectivity index (χ1) is 16.3. The van der Waals surface area contributed by atoms with Gasteiger partial charge in [-0.25, -0.2) is 0 Å². The smallest absolute Gasteiger partial charge is 0.293 e. The lowest BCUT2D eigenvalue weighted by molar-refractivity contribution is -0.129. The number of anilines is 3. The lowest BCUT2D eigenvalue weighted by Crippen LogP contribution is -2.11. The molecule has 0 saturated heterocycles. The molecule has 4 rings (SSSR count). The highest BCUT2D eigenvalue weighted by Gasteiger charge is 2.19. The Morgan fingerprint density at radius 2 is 1.15 bits per heavy atom. The summed E-state index contributed by atoms with van der Waals surface area (Å²) < 4.78 is 5.11. The summed E-state index contributed by atoms with van der Waals surface area (Å²) in [6, 6.07) is 39.4. The number of ether oxygens (including phenoxy) is 1. The minimum absolute atomic E-state index is 0.0152. The minimum Gasteiger partial charge on any atom is -0.467 e. The molecule has 2 unspecified atom stereocenters. The van der Waals surface area contributed by atoms with Crippen molar-refractivity contribution >= 4 is 36.2 Å². The van der Waals surface area contributed by atoms with Crippen molar-refractivity contribution in [2.75, 3.05) is 11.5 Å². The van der Waals surface area contributed by atoms with E-state index >= 15 is 0 Å². The SMILES string of the molecule is O=COCC(CC(S)c1ccc(N(c2ccccc2)c2ccccc2)cc1)c1ccccc1.